The summed E-state index contributed by atoms with van der Waals surface area (Å²) in [4.78, 5) is 4.81. The number of likely N-dealkylation sites (tertiary alicyclic amines) is 1. The quantitative estimate of drug-likeness (QED) is 0.867. The smallest absolute Gasteiger partial charge is 0.0328 e. The Balaban J connectivity index is 1.88. The number of rotatable bonds is 4. The van der Waals surface area contributed by atoms with Gasteiger partial charge in [0.25, 0.3) is 0 Å². The van der Waals surface area contributed by atoms with Crippen molar-refractivity contribution >= 4 is 21.6 Å². The van der Waals surface area contributed by atoms with Crippen LogP contribution < -0.4 is 5.73 Å². The van der Waals surface area contributed by atoms with Crippen molar-refractivity contribution < 1.29 is 0 Å². The molecule has 3 nitrogen and oxygen atoms in total. The summed E-state index contributed by atoms with van der Waals surface area (Å²) in [5.41, 5.74) is 7.96. The van der Waals surface area contributed by atoms with E-state index in [1.807, 2.05) is 6.07 Å². The fourth-order valence-electron chi connectivity index (χ4n) is 2.76. The van der Waals surface area contributed by atoms with E-state index in [-0.39, 0.29) is 0 Å². The average Bonchev–Trinajstić information content (AvgIpc) is 2.61. The third-order valence-corrected chi connectivity index (χ3v) is 3.95. The Kier molecular flexibility index (Phi) is 4.65. The molecule has 1 aliphatic heterocycles. The number of benzene rings is 1. The van der Waals surface area contributed by atoms with E-state index in [9.17, 15) is 0 Å². The first kappa shape index (κ1) is 13.8. The molecule has 1 unspecified atom stereocenters. The predicted octanol–water partition coefficient (Wildman–Crippen LogP) is 2.41. The molecule has 0 radical (unpaired) electrons. The molecule has 0 aromatic heterocycles. The molecule has 2 N–H and O–H groups in total. The molecule has 1 saturated heterocycles. The monoisotopic (exact) mass is 311 g/mol. The largest absolute Gasteiger partial charge is 0.399 e. The highest BCUT2D eigenvalue weighted by Gasteiger charge is 2.20. The van der Waals surface area contributed by atoms with Crippen LogP contribution >= 0.6 is 15.9 Å². The van der Waals surface area contributed by atoms with Crippen LogP contribution in [0.5, 0.6) is 0 Å². The summed E-state index contributed by atoms with van der Waals surface area (Å²) in [6.07, 6.45) is 1.32. The van der Waals surface area contributed by atoms with Crippen molar-refractivity contribution in [3.8, 4) is 0 Å². The predicted molar refractivity (Wildman–Crippen MR) is 80.5 cm³/mol. The first-order valence-electron chi connectivity index (χ1n) is 6.45. The molecule has 2 rings (SSSR count). The maximum atomic E-state index is 5.86. The number of halogens is 1. The van der Waals surface area contributed by atoms with E-state index in [1.165, 1.54) is 25.1 Å². The highest BCUT2D eigenvalue weighted by atomic mass is 79.9. The fourth-order valence-corrected chi connectivity index (χ4v) is 3.32. The van der Waals surface area contributed by atoms with Crippen LogP contribution in [0.4, 0.5) is 5.69 Å². The first-order valence-corrected chi connectivity index (χ1v) is 7.24. The summed E-state index contributed by atoms with van der Waals surface area (Å²) in [7, 11) is 4.39. The number of hydrogen-bond donors (Lipinski definition) is 1. The minimum absolute atomic E-state index is 0.810. The van der Waals surface area contributed by atoms with Gasteiger partial charge in [-0.25, -0.2) is 0 Å². The SMILES string of the molecule is CN1CCC(CN(C)Cc2cc(N)cc(Br)c2)C1. The first-order chi connectivity index (χ1) is 8.52. The lowest BCUT2D eigenvalue weighted by Crippen LogP contribution is -2.27. The fraction of sp³-hybridized carbons (Fsp3) is 0.571. The average molecular weight is 312 g/mol. The van der Waals surface area contributed by atoms with Crippen LogP contribution in [0, 0.1) is 5.92 Å². The summed E-state index contributed by atoms with van der Waals surface area (Å²) in [6, 6.07) is 6.14. The van der Waals surface area contributed by atoms with Crippen molar-refractivity contribution in [2.75, 3.05) is 39.5 Å². The van der Waals surface area contributed by atoms with Gasteiger partial charge in [0, 0.05) is 29.8 Å². The number of nitrogens with zero attached hydrogens (tertiary/aromatic N) is 2. The lowest BCUT2D eigenvalue weighted by molar-refractivity contribution is 0.267. The minimum atomic E-state index is 0.810. The van der Waals surface area contributed by atoms with Gasteiger partial charge in [0.05, 0.1) is 0 Å². The number of nitrogens with two attached hydrogens (primary N) is 1. The highest BCUT2D eigenvalue weighted by molar-refractivity contribution is 9.10. The summed E-state index contributed by atoms with van der Waals surface area (Å²) in [5.74, 6) is 0.810. The third kappa shape index (κ3) is 3.97. The Morgan fingerprint density at radius 3 is 2.83 bits per heavy atom. The van der Waals surface area contributed by atoms with Gasteiger partial charge in [-0.3, -0.25) is 0 Å². The lowest BCUT2D eigenvalue weighted by atomic mass is 10.1. The summed E-state index contributed by atoms with van der Waals surface area (Å²) in [6.45, 7) is 4.59. The standard InChI is InChI=1S/C14H22BrN3/c1-17-4-3-11(8-17)9-18(2)10-12-5-13(15)7-14(16)6-12/h5-7,11H,3-4,8-10,16H2,1-2H3. The molecule has 0 bridgehead atoms. The molecule has 1 aromatic rings. The van der Waals surface area contributed by atoms with Gasteiger partial charge in [-0.05, 0) is 56.7 Å². The maximum Gasteiger partial charge on any atom is 0.0328 e. The zero-order valence-electron chi connectivity index (χ0n) is 11.2. The van der Waals surface area contributed by atoms with E-state index in [0.29, 0.717) is 0 Å². The molecule has 0 aliphatic carbocycles. The molecular formula is C14H22BrN3. The Labute approximate surface area is 118 Å². The second-order valence-electron chi connectivity index (χ2n) is 5.51. The van der Waals surface area contributed by atoms with Gasteiger partial charge in [0.1, 0.15) is 0 Å². The van der Waals surface area contributed by atoms with Gasteiger partial charge in [0.2, 0.25) is 0 Å². The molecular weight excluding hydrogens is 290 g/mol. The van der Waals surface area contributed by atoms with Gasteiger partial charge >= 0.3 is 0 Å². The molecule has 18 heavy (non-hydrogen) atoms. The topological polar surface area (TPSA) is 32.5 Å². The van der Waals surface area contributed by atoms with Crippen molar-refractivity contribution in [3.05, 3.63) is 28.2 Å². The van der Waals surface area contributed by atoms with Crippen molar-refractivity contribution in [1.82, 2.24) is 9.80 Å². The molecule has 1 heterocycles. The molecule has 0 amide bonds. The highest BCUT2D eigenvalue weighted by Crippen LogP contribution is 2.20. The van der Waals surface area contributed by atoms with Gasteiger partial charge in [-0.15, -0.1) is 0 Å². The minimum Gasteiger partial charge on any atom is -0.399 e. The van der Waals surface area contributed by atoms with Crippen LogP contribution in [0.25, 0.3) is 0 Å². The summed E-state index contributed by atoms with van der Waals surface area (Å²) >= 11 is 3.49. The third-order valence-electron chi connectivity index (χ3n) is 3.49. The summed E-state index contributed by atoms with van der Waals surface area (Å²) in [5, 5.41) is 0. The van der Waals surface area contributed by atoms with Crippen LogP contribution in [-0.2, 0) is 6.54 Å². The number of hydrogen-bond acceptors (Lipinski definition) is 3. The second kappa shape index (κ2) is 6.04. The zero-order chi connectivity index (χ0) is 13.1. The molecule has 1 atom stereocenters. The number of nitrogen functional groups attached to an aromatic ring is 1. The van der Waals surface area contributed by atoms with Crippen molar-refractivity contribution in [3.63, 3.8) is 0 Å². The Hall–Kier alpha value is -0.580. The van der Waals surface area contributed by atoms with Crippen molar-refractivity contribution in [2.24, 2.45) is 5.92 Å². The lowest BCUT2D eigenvalue weighted by Gasteiger charge is -2.21. The van der Waals surface area contributed by atoms with Crippen molar-refractivity contribution in [1.29, 1.82) is 0 Å². The number of anilines is 1. The molecule has 0 saturated carbocycles. The molecule has 4 heteroatoms. The molecule has 1 aromatic carbocycles. The normalized spacial score (nSPS) is 20.8. The van der Waals surface area contributed by atoms with Gasteiger partial charge < -0.3 is 15.5 Å². The van der Waals surface area contributed by atoms with Gasteiger partial charge in [-0.1, -0.05) is 15.9 Å². The Bertz CT molecular complexity index is 388. The van der Waals surface area contributed by atoms with Gasteiger partial charge in [0.15, 0.2) is 0 Å². The van der Waals surface area contributed by atoms with Crippen LogP contribution in [0.1, 0.15) is 12.0 Å². The Morgan fingerprint density at radius 2 is 2.22 bits per heavy atom. The molecule has 100 valence electrons. The van der Waals surface area contributed by atoms with E-state index >= 15 is 0 Å². The van der Waals surface area contributed by atoms with E-state index < -0.39 is 0 Å². The van der Waals surface area contributed by atoms with Crippen LogP contribution in [-0.4, -0.2) is 43.5 Å². The van der Waals surface area contributed by atoms with Crippen LogP contribution in [0.15, 0.2) is 22.7 Å². The van der Waals surface area contributed by atoms with E-state index in [2.05, 4.69) is 52.0 Å². The molecule has 1 aliphatic rings. The second-order valence-corrected chi connectivity index (χ2v) is 6.42. The van der Waals surface area contributed by atoms with Crippen LogP contribution in [0.2, 0.25) is 0 Å². The molecule has 0 spiro atoms. The zero-order valence-corrected chi connectivity index (χ0v) is 12.8. The van der Waals surface area contributed by atoms with Crippen molar-refractivity contribution in [2.45, 2.75) is 13.0 Å². The Morgan fingerprint density at radius 1 is 1.44 bits per heavy atom. The van der Waals surface area contributed by atoms with E-state index in [4.69, 9.17) is 5.73 Å². The van der Waals surface area contributed by atoms with Gasteiger partial charge in [-0.2, -0.15) is 0 Å². The maximum absolute atomic E-state index is 5.86. The molecule has 1 fully saturated rings. The van der Waals surface area contributed by atoms with Crippen LogP contribution in [0.3, 0.4) is 0 Å². The summed E-state index contributed by atoms with van der Waals surface area (Å²) < 4.78 is 1.06. The van der Waals surface area contributed by atoms with E-state index in [0.717, 1.165) is 29.2 Å². The van der Waals surface area contributed by atoms with E-state index in [1.54, 1.807) is 0 Å².